The summed E-state index contributed by atoms with van der Waals surface area (Å²) < 4.78 is 5.69. The van der Waals surface area contributed by atoms with Crippen LogP contribution in [0, 0.1) is 6.92 Å². The Kier molecular flexibility index (Phi) is 7.10. The van der Waals surface area contributed by atoms with Gasteiger partial charge in [-0.15, -0.1) is 0 Å². The Balaban J connectivity index is 1.40. The molecule has 0 aliphatic carbocycles. The van der Waals surface area contributed by atoms with Crippen molar-refractivity contribution in [2.24, 2.45) is 0 Å². The van der Waals surface area contributed by atoms with Gasteiger partial charge in [0.1, 0.15) is 5.75 Å². The molecule has 1 N–H and O–H groups in total. The molecule has 0 spiro atoms. The fourth-order valence-electron chi connectivity index (χ4n) is 3.65. The van der Waals surface area contributed by atoms with E-state index in [4.69, 9.17) is 4.74 Å². The van der Waals surface area contributed by atoms with Crippen LogP contribution in [0.15, 0.2) is 48.5 Å². The lowest BCUT2D eigenvalue weighted by Gasteiger charge is -2.32. The molecule has 0 aromatic heterocycles. The zero-order valence-electron chi connectivity index (χ0n) is 17.3. The third kappa shape index (κ3) is 5.83. The summed E-state index contributed by atoms with van der Waals surface area (Å²) in [4.78, 5) is 14.7. The van der Waals surface area contributed by atoms with E-state index in [0.29, 0.717) is 5.92 Å². The van der Waals surface area contributed by atoms with Crippen LogP contribution in [0.5, 0.6) is 5.75 Å². The van der Waals surface area contributed by atoms with Crippen LogP contribution in [0.1, 0.15) is 49.3 Å². The number of likely N-dealkylation sites (tertiary alicyclic amines) is 1. The van der Waals surface area contributed by atoms with E-state index >= 15 is 0 Å². The van der Waals surface area contributed by atoms with E-state index in [1.807, 2.05) is 18.2 Å². The van der Waals surface area contributed by atoms with Gasteiger partial charge in [0.15, 0.2) is 6.61 Å². The fraction of sp³-hybridized carbons (Fsp3) is 0.458. The quantitative estimate of drug-likeness (QED) is 0.780. The number of carbonyl (C=O) groups is 1. The summed E-state index contributed by atoms with van der Waals surface area (Å²) in [6.07, 6.45) is 1.97. The van der Waals surface area contributed by atoms with Gasteiger partial charge in [0.2, 0.25) is 0 Å². The molecule has 4 heteroatoms. The van der Waals surface area contributed by atoms with E-state index < -0.39 is 0 Å². The van der Waals surface area contributed by atoms with Gasteiger partial charge in [-0.2, -0.15) is 0 Å². The lowest BCUT2D eigenvalue weighted by atomic mass is 10.0. The maximum atomic E-state index is 12.3. The smallest absolute Gasteiger partial charge is 0.258 e. The molecule has 0 radical (unpaired) electrons. The monoisotopic (exact) mass is 380 g/mol. The van der Waals surface area contributed by atoms with Crippen LogP contribution < -0.4 is 10.1 Å². The molecular formula is C24H32N2O2. The van der Waals surface area contributed by atoms with Crippen LogP contribution in [0.4, 0.5) is 0 Å². The molecule has 150 valence electrons. The molecule has 1 fully saturated rings. The average molecular weight is 381 g/mol. The molecule has 1 amide bonds. The first-order valence-electron chi connectivity index (χ1n) is 10.3. The highest BCUT2D eigenvalue weighted by Crippen LogP contribution is 2.20. The minimum Gasteiger partial charge on any atom is -0.484 e. The lowest BCUT2D eigenvalue weighted by molar-refractivity contribution is -0.124. The van der Waals surface area contributed by atoms with Gasteiger partial charge >= 0.3 is 0 Å². The van der Waals surface area contributed by atoms with E-state index in [0.717, 1.165) is 38.2 Å². The van der Waals surface area contributed by atoms with Crippen molar-refractivity contribution in [1.82, 2.24) is 10.2 Å². The molecule has 0 unspecified atom stereocenters. The summed E-state index contributed by atoms with van der Waals surface area (Å²) in [6, 6.07) is 16.8. The van der Waals surface area contributed by atoms with Crippen molar-refractivity contribution in [3.05, 3.63) is 65.2 Å². The molecule has 2 aromatic carbocycles. The Morgan fingerprint density at radius 1 is 1.14 bits per heavy atom. The molecule has 0 atom stereocenters. The number of carbonyl (C=O) groups excluding carboxylic acids is 1. The van der Waals surface area contributed by atoms with E-state index in [9.17, 15) is 4.79 Å². The Bertz CT molecular complexity index is 780. The first kappa shape index (κ1) is 20.4. The first-order valence-corrected chi connectivity index (χ1v) is 10.3. The van der Waals surface area contributed by atoms with Gasteiger partial charge in [0, 0.05) is 25.7 Å². The van der Waals surface area contributed by atoms with Crippen LogP contribution in [-0.2, 0) is 11.3 Å². The highest BCUT2D eigenvalue weighted by Gasteiger charge is 2.21. The largest absolute Gasteiger partial charge is 0.484 e. The topological polar surface area (TPSA) is 41.6 Å². The summed E-state index contributed by atoms with van der Waals surface area (Å²) in [5.41, 5.74) is 3.96. The van der Waals surface area contributed by atoms with Gasteiger partial charge in [-0.25, -0.2) is 0 Å². The van der Waals surface area contributed by atoms with Crippen molar-refractivity contribution in [3.63, 3.8) is 0 Å². The van der Waals surface area contributed by atoms with Crippen molar-refractivity contribution < 1.29 is 9.53 Å². The Morgan fingerprint density at radius 2 is 1.89 bits per heavy atom. The summed E-state index contributed by atoms with van der Waals surface area (Å²) in [5.74, 6) is 1.17. The van der Waals surface area contributed by atoms with Crippen molar-refractivity contribution in [2.75, 3.05) is 19.7 Å². The van der Waals surface area contributed by atoms with Crippen molar-refractivity contribution in [3.8, 4) is 5.75 Å². The van der Waals surface area contributed by atoms with Crippen molar-refractivity contribution in [2.45, 2.75) is 52.1 Å². The summed E-state index contributed by atoms with van der Waals surface area (Å²) in [5, 5.41) is 3.13. The minimum atomic E-state index is -0.0349. The second-order valence-corrected chi connectivity index (χ2v) is 8.06. The van der Waals surface area contributed by atoms with Crippen molar-refractivity contribution in [1.29, 1.82) is 0 Å². The summed E-state index contributed by atoms with van der Waals surface area (Å²) in [6.45, 7) is 9.55. The molecular weight excluding hydrogens is 348 g/mol. The molecule has 1 saturated heterocycles. The van der Waals surface area contributed by atoms with Gasteiger partial charge in [-0.1, -0.05) is 50.2 Å². The van der Waals surface area contributed by atoms with Crippen LogP contribution >= 0.6 is 0 Å². The number of hydrogen-bond acceptors (Lipinski definition) is 3. The summed E-state index contributed by atoms with van der Waals surface area (Å²) >= 11 is 0. The number of rotatable bonds is 7. The first-order chi connectivity index (χ1) is 13.5. The van der Waals surface area contributed by atoms with Crippen LogP contribution in [-0.4, -0.2) is 36.5 Å². The van der Waals surface area contributed by atoms with Gasteiger partial charge in [0.05, 0.1) is 0 Å². The van der Waals surface area contributed by atoms with E-state index in [-0.39, 0.29) is 18.6 Å². The number of benzene rings is 2. The standard InChI is InChI=1S/C24H32N2O2/c1-18(2)20-9-6-10-23(15-20)28-17-24(27)25-22-11-13-26(14-12-22)16-21-8-5-4-7-19(21)3/h4-10,15,18,22H,11-14,16-17H2,1-3H3,(H,25,27). The normalized spacial score (nSPS) is 15.6. The van der Waals surface area contributed by atoms with Gasteiger partial charge in [-0.3, -0.25) is 9.69 Å². The number of nitrogens with one attached hydrogen (secondary N) is 1. The van der Waals surface area contributed by atoms with Crippen LogP contribution in [0.3, 0.4) is 0 Å². The average Bonchev–Trinajstić information content (AvgIpc) is 2.70. The van der Waals surface area contributed by atoms with Crippen LogP contribution in [0.2, 0.25) is 0 Å². The number of aryl methyl sites for hydroxylation is 1. The maximum absolute atomic E-state index is 12.3. The SMILES string of the molecule is Cc1ccccc1CN1CCC(NC(=O)COc2cccc(C(C)C)c2)CC1. The third-order valence-corrected chi connectivity index (χ3v) is 5.50. The molecule has 3 rings (SSSR count). The highest BCUT2D eigenvalue weighted by molar-refractivity contribution is 5.77. The number of nitrogens with zero attached hydrogens (tertiary/aromatic N) is 1. The van der Waals surface area contributed by atoms with Crippen LogP contribution in [0.25, 0.3) is 0 Å². The van der Waals surface area contributed by atoms with E-state index in [1.165, 1.54) is 16.7 Å². The third-order valence-electron chi connectivity index (χ3n) is 5.50. The molecule has 28 heavy (non-hydrogen) atoms. The molecule has 1 aliphatic rings. The Morgan fingerprint density at radius 3 is 2.61 bits per heavy atom. The predicted molar refractivity (Wildman–Crippen MR) is 114 cm³/mol. The molecule has 2 aromatic rings. The molecule has 1 heterocycles. The van der Waals surface area contributed by atoms with Gasteiger partial charge in [-0.05, 0) is 54.5 Å². The van der Waals surface area contributed by atoms with Crippen molar-refractivity contribution >= 4 is 5.91 Å². The van der Waals surface area contributed by atoms with E-state index in [2.05, 4.69) is 61.3 Å². The van der Waals surface area contributed by atoms with Gasteiger partial charge in [0.25, 0.3) is 5.91 Å². The second-order valence-electron chi connectivity index (χ2n) is 8.06. The zero-order valence-corrected chi connectivity index (χ0v) is 17.3. The maximum Gasteiger partial charge on any atom is 0.258 e. The van der Waals surface area contributed by atoms with Gasteiger partial charge < -0.3 is 10.1 Å². The minimum absolute atomic E-state index is 0.0349. The Hall–Kier alpha value is -2.33. The number of ether oxygens (including phenoxy) is 1. The fourth-order valence-corrected chi connectivity index (χ4v) is 3.65. The highest BCUT2D eigenvalue weighted by atomic mass is 16.5. The Labute approximate surface area is 168 Å². The zero-order chi connectivity index (χ0) is 19.9. The molecule has 0 bridgehead atoms. The predicted octanol–water partition coefficient (Wildman–Crippen LogP) is 4.28. The summed E-state index contributed by atoms with van der Waals surface area (Å²) in [7, 11) is 0. The second kappa shape index (κ2) is 9.74. The number of amides is 1. The number of piperidine rings is 1. The number of hydrogen-bond donors (Lipinski definition) is 1. The lowest BCUT2D eigenvalue weighted by Crippen LogP contribution is -2.45. The molecule has 4 nitrogen and oxygen atoms in total. The van der Waals surface area contributed by atoms with E-state index in [1.54, 1.807) is 0 Å². The molecule has 1 aliphatic heterocycles. The molecule has 0 saturated carbocycles.